The minimum atomic E-state index is 0.193. The molecule has 1 fully saturated rings. The molecule has 20 heavy (non-hydrogen) atoms. The van der Waals surface area contributed by atoms with Gasteiger partial charge in [-0.1, -0.05) is 0 Å². The standard InChI is InChI=1S/C14H24N4O2/c1-20-10-6-15-11-14(19)17-8-3-13(4-9-17)12-18-7-2-5-16-18/h2,5,7,13,15H,3-4,6,8-12H2,1H3. The lowest BCUT2D eigenvalue weighted by Crippen LogP contribution is -2.43. The van der Waals surface area contributed by atoms with E-state index in [0.717, 1.165) is 39.0 Å². The van der Waals surface area contributed by atoms with Gasteiger partial charge in [-0.3, -0.25) is 9.48 Å². The van der Waals surface area contributed by atoms with Gasteiger partial charge in [0.15, 0.2) is 0 Å². The number of piperidine rings is 1. The van der Waals surface area contributed by atoms with Crippen LogP contribution in [0.4, 0.5) is 0 Å². The maximum absolute atomic E-state index is 12.0. The molecule has 0 radical (unpaired) electrons. The summed E-state index contributed by atoms with van der Waals surface area (Å²) in [5, 5.41) is 7.34. The monoisotopic (exact) mass is 280 g/mol. The zero-order valence-electron chi connectivity index (χ0n) is 12.1. The highest BCUT2D eigenvalue weighted by molar-refractivity contribution is 5.78. The molecule has 0 atom stereocenters. The number of hydrogen-bond donors (Lipinski definition) is 1. The van der Waals surface area contributed by atoms with Crippen molar-refractivity contribution in [1.29, 1.82) is 0 Å². The number of aromatic nitrogens is 2. The SMILES string of the molecule is COCCNCC(=O)N1CCC(Cn2cccn2)CC1. The Bertz CT molecular complexity index is 386. The lowest BCUT2D eigenvalue weighted by molar-refractivity contribution is -0.131. The molecule has 2 rings (SSSR count). The molecule has 1 N–H and O–H groups in total. The van der Waals surface area contributed by atoms with Gasteiger partial charge in [-0.05, 0) is 24.8 Å². The van der Waals surface area contributed by atoms with Gasteiger partial charge in [-0.25, -0.2) is 0 Å². The number of likely N-dealkylation sites (tertiary alicyclic amines) is 1. The number of carbonyl (C=O) groups is 1. The van der Waals surface area contributed by atoms with Crippen molar-refractivity contribution < 1.29 is 9.53 Å². The van der Waals surface area contributed by atoms with E-state index in [4.69, 9.17) is 4.74 Å². The molecule has 1 aromatic rings. The molecule has 1 aliphatic rings. The van der Waals surface area contributed by atoms with Gasteiger partial charge in [0.2, 0.25) is 5.91 Å². The number of hydrogen-bond acceptors (Lipinski definition) is 4. The lowest BCUT2D eigenvalue weighted by Gasteiger charge is -2.32. The van der Waals surface area contributed by atoms with Crippen LogP contribution >= 0.6 is 0 Å². The number of rotatable bonds is 7. The van der Waals surface area contributed by atoms with Crippen LogP contribution in [-0.2, 0) is 16.1 Å². The quantitative estimate of drug-likeness (QED) is 0.733. The molecular formula is C14H24N4O2. The third-order valence-electron chi connectivity index (χ3n) is 3.73. The highest BCUT2D eigenvalue weighted by Crippen LogP contribution is 2.18. The predicted octanol–water partition coefficient (Wildman–Crippen LogP) is 0.358. The molecule has 1 aromatic heterocycles. The fraction of sp³-hybridized carbons (Fsp3) is 0.714. The van der Waals surface area contributed by atoms with Gasteiger partial charge in [0, 0.05) is 45.7 Å². The Kier molecular flexibility index (Phi) is 6.01. The molecule has 0 spiro atoms. The number of methoxy groups -OCH3 is 1. The Morgan fingerprint density at radius 1 is 1.45 bits per heavy atom. The minimum Gasteiger partial charge on any atom is -0.383 e. The zero-order valence-corrected chi connectivity index (χ0v) is 12.1. The second kappa shape index (κ2) is 8.01. The molecule has 0 aromatic carbocycles. The van der Waals surface area contributed by atoms with Crippen molar-refractivity contribution in [2.45, 2.75) is 19.4 Å². The molecule has 0 aliphatic carbocycles. The van der Waals surface area contributed by atoms with Crippen molar-refractivity contribution >= 4 is 5.91 Å². The van der Waals surface area contributed by atoms with Gasteiger partial charge in [0.05, 0.1) is 13.2 Å². The first-order chi connectivity index (χ1) is 9.79. The fourth-order valence-electron chi connectivity index (χ4n) is 2.52. The first-order valence-electron chi connectivity index (χ1n) is 7.24. The molecular weight excluding hydrogens is 256 g/mol. The molecule has 2 heterocycles. The first-order valence-corrected chi connectivity index (χ1v) is 7.24. The molecule has 112 valence electrons. The average molecular weight is 280 g/mol. The van der Waals surface area contributed by atoms with E-state index in [9.17, 15) is 4.79 Å². The van der Waals surface area contributed by atoms with E-state index in [0.29, 0.717) is 19.1 Å². The van der Waals surface area contributed by atoms with Crippen LogP contribution in [0.15, 0.2) is 18.5 Å². The number of amides is 1. The summed E-state index contributed by atoms with van der Waals surface area (Å²) in [6.45, 7) is 4.44. The molecule has 0 unspecified atom stereocenters. The Balaban J connectivity index is 1.64. The second-order valence-electron chi connectivity index (χ2n) is 5.22. The van der Waals surface area contributed by atoms with Crippen molar-refractivity contribution in [3.05, 3.63) is 18.5 Å². The first kappa shape index (κ1) is 15.0. The summed E-state index contributed by atoms with van der Waals surface area (Å²) in [6, 6.07) is 1.95. The lowest BCUT2D eigenvalue weighted by atomic mass is 9.97. The van der Waals surface area contributed by atoms with Crippen molar-refractivity contribution in [3.63, 3.8) is 0 Å². The molecule has 6 heteroatoms. The van der Waals surface area contributed by atoms with Crippen molar-refractivity contribution in [2.75, 3.05) is 39.9 Å². The van der Waals surface area contributed by atoms with Crippen LogP contribution in [0.5, 0.6) is 0 Å². The van der Waals surface area contributed by atoms with E-state index in [1.165, 1.54) is 0 Å². The van der Waals surface area contributed by atoms with E-state index < -0.39 is 0 Å². The number of nitrogens with zero attached hydrogens (tertiary/aromatic N) is 3. The van der Waals surface area contributed by atoms with Gasteiger partial charge >= 0.3 is 0 Å². The van der Waals surface area contributed by atoms with E-state index in [1.54, 1.807) is 7.11 Å². The highest BCUT2D eigenvalue weighted by Gasteiger charge is 2.22. The molecule has 1 amide bonds. The average Bonchev–Trinajstić information content (AvgIpc) is 2.97. The summed E-state index contributed by atoms with van der Waals surface area (Å²) in [7, 11) is 1.66. The minimum absolute atomic E-state index is 0.193. The van der Waals surface area contributed by atoms with Gasteiger partial charge < -0.3 is 15.0 Å². The molecule has 0 bridgehead atoms. The maximum atomic E-state index is 12.0. The van der Waals surface area contributed by atoms with E-state index in [-0.39, 0.29) is 5.91 Å². The number of carbonyl (C=O) groups excluding carboxylic acids is 1. The second-order valence-corrected chi connectivity index (χ2v) is 5.22. The smallest absolute Gasteiger partial charge is 0.236 e. The van der Waals surface area contributed by atoms with Gasteiger partial charge in [0.1, 0.15) is 0 Å². The van der Waals surface area contributed by atoms with Crippen LogP contribution in [-0.4, -0.2) is 60.5 Å². The predicted molar refractivity (Wildman–Crippen MR) is 76.3 cm³/mol. The van der Waals surface area contributed by atoms with Crippen molar-refractivity contribution in [1.82, 2.24) is 20.0 Å². The summed E-state index contributed by atoms with van der Waals surface area (Å²) in [5.41, 5.74) is 0. The van der Waals surface area contributed by atoms with Crippen molar-refractivity contribution in [3.8, 4) is 0 Å². The van der Waals surface area contributed by atoms with Crippen LogP contribution in [0, 0.1) is 5.92 Å². The fourth-order valence-corrected chi connectivity index (χ4v) is 2.52. The third kappa shape index (κ3) is 4.61. The van der Waals surface area contributed by atoms with Gasteiger partial charge in [-0.15, -0.1) is 0 Å². The van der Waals surface area contributed by atoms with E-state index in [2.05, 4.69) is 10.4 Å². The van der Waals surface area contributed by atoms with Crippen LogP contribution in [0.25, 0.3) is 0 Å². The topological polar surface area (TPSA) is 59.4 Å². The molecule has 6 nitrogen and oxygen atoms in total. The largest absolute Gasteiger partial charge is 0.383 e. The highest BCUT2D eigenvalue weighted by atomic mass is 16.5. The Labute approximate surface area is 120 Å². The Hall–Kier alpha value is -1.40. The van der Waals surface area contributed by atoms with E-state index in [1.807, 2.05) is 28.0 Å². The zero-order chi connectivity index (χ0) is 14.2. The number of nitrogens with one attached hydrogen (secondary N) is 1. The van der Waals surface area contributed by atoms with E-state index >= 15 is 0 Å². The van der Waals surface area contributed by atoms with Gasteiger partial charge in [-0.2, -0.15) is 5.10 Å². The summed E-state index contributed by atoms with van der Waals surface area (Å²) in [4.78, 5) is 13.9. The number of ether oxygens (including phenoxy) is 1. The van der Waals surface area contributed by atoms with Gasteiger partial charge in [0.25, 0.3) is 0 Å². The van der Waals surface area contributed by atoms with Crippen LogP contribution in [0.2, 0.25) is 0 Å². The summed E-state index contributed by atoms with van der Waals surface area (Å²) in [6.07, 6.45) is 5.93. The van der Waals surface area contributed by atoms with Crippen molar-refractivity contribution in [2.24, 2.45) is 5.92 Å². The van der Waals surface area contributed by atoms with Crippen LogP contribution in [0.3, 0.4) is 0 Å². The molecule has 0 saturated carbocycles. The third-order valence-corrected chi connectivity index (χ3v) is 3.73. The Morgan fingerprint density at radius 3 is 2.90 bits per heavy atom. The van der Waals surface area contributed by atoms with Crippen LogP contribution < -0.4 is 5.32 Å². The summed E-state index contributed by atoms with van der Waals surface area (Å²) < 4.78 is 6.92. The summed E-state index contributed by atoms with van der Waals surface area (Å²) >= 11 is 0. The van der Waals surface area contributed by atoms with Crippen LogP contribution in [0.1, 0.15) is 12.8 Å². The Morgan fingerprint density at radius 2 is 2.25 bits per heavy atom. The maximum Gasteiger partial charge on any atom is 0.236 e. The molecule has 1 aliphatic heterocycles. The normalized spacial score (nSPS) is 16.6. The summed E-state index contributed by atoms with van der Waals surface area (Å²) in [5.74, 6) is 0.819. The molecule has 1 saturated heterocycles.